The van der Waals surface area contributed by atoms with Gasteiger partial charge in [0.05, 0.1) is 16.1 Å². The summed E-state index contributed by atoms with van der Waals surface area (Å²) in [5, 5.41) is 26.7. The number of hydrogen-bond acceptors (Lipinski definition) is 7. The van der Waals surface area contributed by atoms with Crippen LogP contribution in [0.2, 0.25) is 0 Å². The van der Waals surface area contributed by atoms with Crippen molar-refractivity contribution in [2.75, 3.05) is 18.4 Å². The summed E-state index contributed by atoms with van der Waals surface area (Å²) in [5.41, 5.74) is 0.443. The highest BCUT2D eigenvalue weighted by Gasteiger charge is 2.36. The molecule has 0 atom stereocenters. The fourth-order valence-corrected chi connectivity index (χ4v) is 3.25. The van der Waals surface area contributed by atoms with E-state index in [1.807, 2.05) is 5.40 Å². The molecule has 0 aromatic heterocycles. The smallest absolute Gasteiger partial charge is 0.319 e. The molecular weight excluding hydrogens is 410 g/mol. The third-order valence-electron chi connectivity index (χ3n) is 4.28. The van der Waals surface area contributed by atoms with Gasteiger partial charge in [0.1, 0.15) is 5.40 Å². The maximum absolute atomic E-state index is 12.4. The first-order valence-corrected chi connectivity index (χ1v) is 9.58. The van der Waals surface area contributed by atoms with Gasteiger partial charge < -0.3 is 10.6 Å². The van der Waals surface area contributed by atoms with Crippen LogP contribution in [0, 0.1) is 20.8 Å². The van der Waals surface area contributed by atoms with E-state index in [0.29, 0.717) is 12.1 Å². The Bertz CT molecular complexity index is 1060. The SMILES string of the molecule is N#CSc1ccc(NC(=O)NCCCN2C(=O)c3ccc([N+](=O)[O-])cc3C2=O)cc1. The number of anilines is 1. The van der Waals surface area contributed by atoms with Gasteiger partial charge >= 0.3 is 6.03 Å². The molecule has 11 heteroatoms. The summed E-state index contributed by atoms with van der Waals surface area (Å²) in [7, 11) is 0. The highest BCUT2D eigenvalue weighted by atomic mass is 32.2. The van der Waals surface area contributed by atoms with E-state index in [1.54, 1.807) is 24.3 Å². The Labute approximate surface area is 175 Å². The van der Waals surface area contributed by atoms with Crippen LogP contribution >= 0.6 is 11.8 Å². The predicted octanol–water partition coefficient (Wildman–Crippen LogP) is 2.98. The third-order valence-corrected chi connectivity index (χ3v) is 4.88. The van der Waals surface area contributed by atoms with Gasteiger partial charge in [0.15, 0.2) is 0 Å². The van der Waals surface area contributed by atoms with Gasteiger partial charge in [-0.1, -0.05) is 0 Å². The zero-order chi connectivity index (χ0) is 21.7. The summed E-state index contributed by atoms with van der Waals surface area (Å²) in [5.74, 6) is -1.09. The molecule has 3 rings (SSSR count). The molecule has 4 amide bonds. The van der Waals surface area contributed by atoms with Crippen molar-refractivity contribution < 1.29 is 19.3 Å². The Balaban J connectivity index is 1.48. The Kier molecular flexibility index (Phi) is 6.29. The number of fused-ring (bicyclic) bond motifs is 1. The molecule has 152 valence electrons. The van der Waals surface area contributed by atoms with Crippen LogP contribution in [0.4, 0.5) is 16.2 Å². The first-order valence-electron chi connectivity index (χ1n) is 8.76. The molecular formula is C19H15N5O5S. The number of amides is 4. The number of hydrogen-bond donors (Lipinski definition) is 2. The monoisotopic (exact) mass is 425 g/mol. The van der Waals surface area contributed by atoms with Gasteiger partial charge in [-0.05, 0) is 48.5 Å². The lowest BCUT2D eigenvalue weighted by Crippen LogP contribution is -2.35. The lowest BCUT2D eigenvalue weighted by atomic mass is 10.1. The fraction of sp³-hybridized carbons (Fsp3) is 0.158. The number of carbonyl (C=O) groups excluding carboxylic acids is 3. The number of nitriles is 1. The topological polar surface area (TPSA) is 145 Å². The fourth-order valence-electron chi connectivity index (χ4n) is 2.87. The number of nitrogens with zero attached hydrogens (tertiary/aromatic N) is 3. The molecule has 2 N–H and O–H groups in total. The molecule has 0 unspecified atom stereocenters. The van der Waals surface area contributed by atoms with Crippen molar-refractivity contribution in [3.63, 3.8) is 0 Å². The van der Waals surface area contributed by atoms with Crippen LogP contribution in [0.5, 0.6) is 0 Å². The molecule has 1 aliphatic heterocycles. The van der Waals surface area contributed by atoms with E-state index in [4.69, 9.17) is 5.26 Å². The molecule has 30 heavy (non-hydrogen) atoms. The third kappa shape index (κ3) is 4.56. The van der Waals surface area contributed by atoms with Crippen molar-refractivity contribution in [2.24, 2.45) is 0 Å². The van der Waals surface area contributed by atoms with Crippen LogP contribution < -0.4 is 10.6 Å². The first-order chi connectivity index (χ1) is 14.4. The van der Waals surface area contributed by atoms with E-state index in [2.05, 4.69) is 10.6 Å². The van der Waals surface area contributed by atoms with Crippen molar-refractivity contribution in [2.45, 2.75) is 11.3 Å². The normalized spacial score (nSPS) is 12.3. The van der Waals surface area contributed by atoms with Gasteiger partial charge in [0.2, 0.25) is 0 Å². The van der Waals surface area contributed by atoms with E-state index in [1.165, 1.54) is 12.1 Å². The summed E-state index contributed by atoms with van der Waals surface area (Å²) in [6.45, 7) is 0.280. The van der Waals surface area contributed by atoms with Crippen LogP contribution in [0.25, 0.3) is 0 Å². The lowest BCUT2D eigenvalue weighted by molar-refractivity contribution is -0.384. The van der Waals surface area contributed by atoms with Gasteiger partial charge in [0, 0.05) is 35.8 Å². The van der Waals surface area contributed by atoms with Crippen molar-refractivity contribution in [1.82, 2.24) is 10.2 Å². The van der Waals surface area contributed by atoms with Crippen LogP contribution in [0.15, 0.2) is 47.4 Å². The molecule has 2 aromatic carbocycles. The zero-order valence-corrected chi connectivity index (χ0v) is 16.3. The van der Waals surface area contributed by atoms with Gasteiger partial charge in [0.25, 0.3) is 17.5 Å². The summed E-state index contributed by atoms with van der Waals surface area (Å²) in [6, 6.07) is 9.85. The second-order valence-electron chi connectivity index (χ2n) is 6.20. The van der Waals surface area contributed by atoms with E-state index in [-0.39, 0.29) is 29.9 Å². The molecule has 1 aliphatic rings. The summed E-state index contributed by atoms with van der Waals surface area (Å²) in [4.78, 5) is 48.7. The molecule has 0 saturated heterocycles. The molecule has 0 radical (unpaired) electrons. The van der Waals surface area contributed by atoms with E-state index in [0.717, 1.165) is 27.6 Å². The zero-order valence-electron chi connectivity index (χ0n) is 15.5. The maximum Gasteiger partial charge on any atom is 0.319 e. The molecule has 0 fully saturated rings. The van der Waals surface area contributed by atoms with E-state index in [9.17, 15) is 24.5 Å². The van der Waals surface area contributed by atoms with Crippen molar-refractivity contribution in [3.8, 4) is 5.40 Å². The van der Waals surface area contributed by atoms with E-state index < -0.39 is 22.8 Å². The predicted molar refractivity (Wildman–Crippen MR) is 108 cm³/mol. The van der Waals surface area contributed by atoms with Gasteiger partial charge in [-0.25, -0.2) is 4.79 Å². The number of non-ortho nitro benzene ring substituents is 1. The number of nitrogens with one attached hydrogen (secondary N) is 2. The number of carbonyl (C=O) groups is 3. The van der Waals surface area contributed by atoms with E-state index >= 15 is 0 Å². The van der Waals surface area contributed by atoms with Crippen LogP contribution in [0.3, 0.4) is 0 Å². The highest BCUT2D eigenvalue weighted by molar-refractivity contribution is 8.03. The van der Waals surface area contributed by atoms with Gasteiger partial charge in [-0.2, -0.15) is 5.26 Å². The van der Waals surface area contributed by atoms with Crippen molar-refractivity contribution in [1.29, 1.82) is 5.26 Å². The first kappa shape index (κ1) is 20.8. The quantitative estimate of drug-likeness (QED) is 0.173. The number of rotatable bonds is 7. The average Bonchev–Trinajstić information content (AvgIpc) is 2.97. The Morgan fingerprint density at radius 3 is 2.50 bits per heavy atom. The van der Waals surface area contributed by atoms with Gasteiger partial charge in [-0.15, -0.1) is 0 Å². The standard InChI is InChI=1S/C19H15N5O5S/c20-11-30-14-5-2-12(3-6-14)22-19(27)21-8-1-9-23-17(25)15-7-4-13(24(28)29)10-16(15)18(23)26/h2-7,10H,1,8-9H2,(H2,21,22,27). The number of nitro benzene ring substituents is 1. The number of nitro groups is 1. The number of benzene rings is 2. The Morgan fingerprint density at radius 2 is 1.83 bits per heavy atom. The molecule has 0 spiro atoms. The molecule has 10 nitrogen and oxygen atoms in total. The highest BCUT2D eigenvalue weighted by Crippen LogP contribution is 2.26. The molecule has 2 aromatic rings. The van der Waals surface area contributed by atoms with Crippen LogP contribution in [-0.2, 0) is 0 Å². The number of thioether (sulfide) groups is 1. The van der Waals surface area contributed by atoms with Crippen LogP contribution in [0.1, 0.15) is 27.1 Å². The number of imide groups is 1. The minimum atomic E-state index is -0.626. The minimum absolute atomic E-state index is 0.0120. The van der Waals surface area contributed by atoms with Gasteiger partial charge in [-0.3, -0.25) is 24.6 Å². The minimum Gasteiger partial charge on any atom is -0.338 e. The molecule has 0 aliphatic carbocycles. The second-order valence-corrected chi connectivity index (χ2v) is 7.06. The second kappa shape index (κ2) is 9.06. The lowest BCUT2D eigenvalue weighted by Gasteiger charge is -2.14. The molecule has 1 heterocycles. The van der Waals surface area contributed by atoms with Crippen LogP contribution in [-0.4, -0.2) is 40.8 Å². The molecule has 0 bridgehead atoms. The number of thiocyanates is 1. The largest absolute Gasteiger partial charge is 0.338 e. The Hall–Kier alpha value is -3.91. The van der Waals surface area contributed by atoms with Crippen molar-refractivity contribution in [3.05, 3.63) is 63.7 Å². The summed E-state index contributed by atoms with van der Waals surface area (Å²) < 4.78 is 0. The molecule has 0 saturated carbocycles. The number of urea groups is 1. The Morgan fingerprint density at radius 1 is 1.13 bits per heavy atom. The summed E-state index contributed by atoms with van der Waals surface area (Å²) >= 11 is 1.01. The average molecular weight is 425 g/mol. The maximum atomic E-state index is 12.4. The summed E-state index contributed by atoms with van der Waals surface area (Å²) in [6.07, 6.45) is 0.318. The van der Waals surface area contributed by atoms with Crippen molar-refractivity contribution >= 4 is 41.0 Å².